The van der Waals surface area contributed by atoms with E-state index in [9.17, 15) is 9.50 Å². The first-order valence-electron chi connectivity index (χ1n) is 8.20. The third kappa shape index (κ3) is 4.35. The second-order valence-electron chi connectivity index (χ2n) is 6.15. The molecule has 1 atom stereocenters. The fourth-order valence-electron chi connectivity index (χ4n) is 3.24. The normalized spacial score (nSPS) is 19.7. The molecule has 1 aromatic heterocycles. The van der Waals surface area contributed by atoms with Crippen LogP contribution in [0.2, 0.25) is 5.02 Å². The molecule has 3 nitrogen and oxygen atoms in total. The van der Waals surface area contributed by atoms with Crippen LogP contribution in [0.3, 0.4) is 0 Å². The smallest absolute Gasteiger partial charge is 0.129 e. The molecule has 1 saturated heterocycles. The highest BCUT2D eigenvalue weighted by atomic mass is 35.5. The van der Waals surface area contributed by atoms with Gasteiger partial charge in [0.15, 0.2) is 0 Å². The molecule has 24 heavy (non-hydrogen) atoms. The molecule has 0 spiro atoms. The third-order valence-electron chi connectivity index (χ3n) is 4.53. The Morgan fingerprint density at radius 3 is 2.79 bits per heavy atom. The molecule has 0 bridgehead atoms. The maximum absolute atomic E-state index is 14.0. The van der Waals surface area contributed by atoms with Gasteiger partial charge in [0.05, 0.1) is 0 Å². The van der Waals surface area contributed by atoms with Crippen LogP contribution in [0.25, 0.3) is 0 Å². The van der Waals surface area contributed by atoms with Crippen molar-refractivity contribution in [2.75, 3.05) is 26.2 Å². The van der Waals surface area contributed by atoms with Crippen LogP contribution in [0.5, 0.6) is 0 Å². The van der Waals surface area contributed by atoms with Crippen LogP contribution < -0.4 is 0 Å². The Bertz CT molecular complexity index is 632. The topological polar surface area (TPSA) is 26.7 Å². The molecule has 1 aliphatic heterocycles. The van der Waals surface area contributed by atoms with E-state index >= 15 is 0 Å². The second kappa shape index (κ2) is 8.41. The van der Waals surface area contributed by atoms with Crippen molar-refractivity contribution in [3.63, 3.8) is 0 Å². The highest BCUT2D eigenvalue weighted by Gasteiger charge is 2.27. The standard InChI is InChI=1S/C18H22ClFN2OS/c19-17-4-1-5-18(20)16(17)13-21-7-8-22(14(11-21)6-9-23)12-15-3-2-10-24-15/h1-5,10,14,23H,6-9,11-13H2/t14-/m1/s1. The minimum atomic E-state index is -0.248. The second-order valence-corrected chi connectivity index (χ2v) is 7.59. The quantitative estimate of drug-likeness (QED) is 0.843. The largest absolute Gasteiger partial charge is 0.396 e. The maximum atomic E-state index is 14.0. The van der Waals surface area contributed by atoms with Gasteiger partial charge in [-0.25, -0.2) is 4.39 Å². The van der Waals surface area contributed by atoms with Crippen molar-refractivity contribution in [2.45, 2.75) is 25.6 Å². The van der Waals surface area contributed by atoms with Gasteiger partial charge >= 0.3 is 0 Å². The Labute approximate surface area is 151 Å². The minimum absolute atomic E-state index is 0.167. The SMILES string of the molecule is OCC[C@@H]1CN(Cc2c(F)cccc2Cl)CCN1Cc1cccs1. The van der Waals surface area contributed by atoms with E-state index in [1.165, 1.54) is 10.9 Å². The highest BCUT2D eigenvalue weighted by Crippen LogP contribution is 2.24. The number of hydrogen-bond donors (Lipinski definition) is 1. The molecule has 1 fully saturated rings. The minimum Gasteiger partial charge on any atom is -0.396 e. The molecule has 0 saturated carbocycles. The number of nitrogens with zero attached hydrogens (tertiary/aromatic N) is 2. The van der Waals surface area contributed by atoms with Gasteiger partial charge in [0.25, 0.3) is 0 Å². The molecule has 1 N–H and O–H groups in total. The van der Waals surface area contributed by atoms with Crippen LogP contribution in [0.4, 0.5) is 4.39 Å². The van der Waals surface area contributed by atoms with E-state index in [2.05, 4.69) is 27.3 Å². The van der Waals surface area contributed by atoms with E-state index in [0.29, 0.717) is 17.1 Å². The number of hydrogen-bond acceptors (Lipinski definition) is 4. The maximum Gasteiger partial charge on any atom is 0.129 e. The zero-order chi connectivity index (χ0) is 16.9. The number of aliphatic hydroxyl groups excluding tert-OH is 1. The number of halogens is 2. The van der Waals surface area contributed by atoms with Crippen LogP contribution in [0.1, 0.15) is 16.9 Å². The van der Waals surface area contributed by atoms with Crippen molar-refractivity contribution < 1.29 is 9.50 Å². The van der Waals surface area contributed by atoms with Crippen LogP contribution in [0, 0.1) is 5.82 Å². The van der Waals surface area contributed by atoms with Crippen molar-refractivity contribution in [1.82, 2.24) is 9.80 Å². The van der Waals surface area contributed by atoms with E-state index in [-0.39, 0.29) is 18.5 Å². The molecule has 130 valence electrons. The molecule has 3 rings (SSSR count). The summed E-state index contributed by atoms with van der Waals surface area (Å²) in [6.45, 7) is 4.19. The summed E-state index contributed by atoms with van der Waals surface area (Å²) in [7, 11) is 0. The van der Waals surface area contributed by atoms with Crippen molar-refractivity contribution in [1.29, 1.82) is 0 Å². The molecular weight excluding hydrogens is 347 g/mol. The van der Waals surface area contributed by atoms with Crippen LogP contribution in [-0.4, -0.2) is 47.2 Å². The Morgan fingerprint density at radius 1 is 1.21 bits per heavy atom. The van der Waals surface area contributed by atoms with Gasteiger partial charge in [-0.15, -0.1) is 11.3 Å². The fraction of sp³-hybridized carbons (Fsp3) is 0.444. The Balaban J connectivity index is 1.66. The highest BCUT2D eigenvalue weighted by molar-refractivity contribution is 7.09. The predicted molar refractivity (Wildman–Crippen MR) is 96.9 cm³/mol. The predicted octanol–water partition coefficient (Wildman–Crippen LogP) is 3.61. The van der Waals surface area contributed by atoms with Crippen LogP contribution >= 0.6 is 22.9 Å². The van der Waals surface area contributed by atoms with Gasteiger partial charge in [-0.2, -0.15) is 0 Å². The van der Waals surface area contributed by atoms with Gasteiger partial charge in [-0.05, 0) is 30.0 Å². The van der Waals surface area contributed by atoms with Gasteiger partial charge in [-0.3, -0.25) is 9.80 Å². The molecular formula is C18H22ClFN2OS. The molecule has 0 unspecified atom stereocenters. The van der Waals surface area contributed by atoms with Gasteiger partial charge in [0, 0.05) is 60.8 Å². The number of rotatable bonds is 6. The molecule has 0 radical (unpaired) electrons. The summed E-state index contributed by atoms with van der Waals surface area (Å²) in [6.07, 6.45) is 0.729. The average molecular weight is 369 g/mol. The first-order chi connectivity index (χ1) is 11.7. The number of benzene rings is 1. The van der Waals surface area contributed by atoms with E-state index < -0.39 is 0 Å². The fourth-order valence-corrected chi connectivity index (χ4v) is 4.19. The summed E-state index contributed by atoms with van der Waals surface area (Å²) in [4.78, 5) is 5.99. The summed E-state index contributed by atoms with van der Waals surface area (Å²) >= 11 is 7.91. The molecule has 6 heteroatoms. The van der Waals surface area contributed by atoms with E-state index in [1.54, 1.807) is 23.5 Å². The third-order valence-corrected chi connectivity index (χ3v) is 5.75. The van der Waals surface area contributed by atoms with Crippen molar-refractivity contribution >= 4 is 22.9 Å². The molecule has 1 aliphatic rings. The molecule has 0 amide bonds. The van der Waals surface area contributed by atoms with Gasteiger partial charge in [-0.1, -0.05) is 23.7 Å². The molecule has 1 aromatic carbocycles. The van der Waals surface area contributed by atoms with Crippen LogP contribution in [0.15, 0.2) is 35.7 Å². The number of piperazine rings is 1. The lowest BCUT2D eigenvalue weighted by molar-refractivity contribution is 0.0502. The first-order valence-corrected chi connectivity index (χ1v) is 9.45. The summed E-state index contributed by atoms with van der Waals surface area (Å²) < 4.78 is 14.0. The number of thiophene rings is 1. The van der Waals surface area contributed by atoms with E-state index in [1.807, 2.05) is 0 Å². The lowest BCUT2D eigenvalue weighted by Crippen LogP contribution is -2.52. The van der Waals surface area contributed by atoms with Crippen molar-refractivity contribution in [2.24, 2.45) is 0 Å². The zero-order valence-corrected chi connectivity index (χ0v) is 15.1. The summed E-state index contributed by atoms with van der Waals surface area (Å²) in [5, 5.41) is 12.0. The van der Waals surface area contributed by atoms with E-state index in [0.717, 1.165) is 32.6 Å². The molecule has 2 aromatic rings. The summed E-state index contributed by atoms with van der Waals surface area (Å²) in [6, 6.07) is 9.31. The Morgan fingerprint density at radius 2 is 2.08 bits per heavy atom. The summed E-state index contributed by atoms with van der Waals surface area (Å²) in [5.41, 5.74) is 0.564. The van der Waals surface area contributed by atoms with Crippen LogP contribution in [-0.2, 0) is 13.1 Å². The lowest BCUT2D eigenvalue weighted by atomic mass is 10.1. The molecule has 2 heterocycles. The molecule has 0 aliphatic carbocycles. The Kier molecular flexibility index (Phi) is 6.25. The Hall–Kier alpha value is -0.980. The first kappa shape index (κ1) is 17.8. The zero-order valence-electron chi connectivity index (χ0n) is 13.5. The van der Waals surface area contributed by atoms with Gasteiger partial charge < -0.3 is 5.11 Å². The average Bonchev–Trinajstić information content (AvgIpc) is 3.07. The number of aliphatic hydroxyl groups is 1. The van der Waals surface area contributed by atoms with E-state index in [4.69, 9.17) is 11.6 Å². The monoisotopic (exact) mass is 368 g/mol. The lowest BCUT2D eigenvalue weighted by Gasteiger charge is -2.41. The van der Waals surface area contributed by atoms with Gasteiger partial charge in [0.1, 0.15) is 5.82 Å². The van der Waals surface area contributed by atoms with Crippen molar-refractivity contribution in [3.05, 3.63) is 57.0 Å². The van der Waals surface area contributed by atoms with Gasteiger partial charge in [0.2, 0.25) is 0 Å². The summed E-state index contributed by atoms with van der Waals surface area (Å²) in [5.74, 6) is -0.248. The van der Waals surface area contributed by atoms with Crippen molar-refractivity contribution in [3.8, 4) is 0 Å².